The number of hydrogen-bond donors (Lipinski definition) is 7. The van der Waals surface area contributed by atoms with E-state index in [0.717, 1.165) is 10.2 Å². The van der Waals surface area contributed by atoms with Gasteiger partial charge in [0.15, 0.2) is 23.9 Å². The second-order valence-corrected chi connectivity index (χ2v) is 13.0. The van der Waals surface area contributed by atoms with Crippen LogP contribution in [0.4, 0.5) is 5.69 Å². The van der Waals surface area contributed by atoms with E-state index in [9.17, 15) is 29.3 Å². The Balaban J connectivity index is 1.59. The number of halogens is 1. The number of aromatic nitrogens is 3. The monoisotopic (exact) mass is 578 g/mol. The summed E-state index contributed by atoms with van der Waals surface area (Å²) in [5.74, 6) is -4.46. The van der Waals surface area contributed by atoms with Crippen LogP contribution in [0.3, 0.4) is 0 Å². The van der Waals surface area contributed by atoms with Crippen molar-refractivity contribution in [3.8, 4) is 0 Å². The van der Waals surface area contributed by atoms with Crippen molar-refractivity contribution >= 4 is 43.5 Å². The first-order chi connectivity index (χ1) is 17.2. The van der Waals surface area contributed by atoms with Gasteiger partial charge in [-0.1, -0.05) is 41.9 Å². The van der Waals surface area contributed by atoms with E-state index >= 15 is 0 Å². The van der Waals surface area contributed by atoms with E-state index in [1.807, 2.05) is 37.3 Å². The smallest absolute Gasteiger partial charge is 0.340 e. The number of nitrogens with zero attached hydrogens (tertiary/aromatic N) is 3. The molecule has 37 heavy (non-hydrogen) atoms. The molecule has 1 saturated heterocycles. The third kappa shape index (κ3) is 6.22. The molecule has 5 atom stereocenters. The second kappa shape index (κ2) is 10.3. The lowest BCUT2D eigenvalue weighted by atomic mass is 10.1. The first kappa shape index (κ1) is 28.1. The summed E-state index contributed by atoms with van der Waals surface area (Å²) in [5, 5.41) is 39.5. The van der Waals surface area contributed by atoms with Crippen molar-refractivity contribution in [1.82, 2.24) is 14.8 Å². The molecule has 1 fully saturated rings. The number of benzene rings is 1. The van der Waals surface area contributed by atoms with Crippen LogP contribution >= 0.6 is 26.8 Å². The van der Waals surface area contributed by atoms with E-state index in [0.29, 0.717) is 11.1 Å². The Morgan fingerprint density at radius 3 is 2.57 bits per heavy atom. The summed E-state index contributed by atoms with van der Waals surface area (Å²) in [7, 11) is -9.73. The van der Waals surface area contributed by atoms with Crippen LogP contribution in [-0.4, -0.2) is 75.3 Å². The molecular weight excluding hydrogens is 554 g/mol. The average Bonchev–Trinajstić information content (AvgIpc) is 3.30. The van der Waals surface area contributed by atoms with Gasteiger partial charge in [0.2, 0.25) is 5.79 Å². The van der Waals surface area contributed by atoms with Crippen molar-refractivity contribution in [3.63, 3.8) is 0 Å². The van der Waals surface area contributed by atoms with Crippen LogP contribution in [-0.2, 0) is 18.4 Å². The molecule has 7 N–H and O–H groups in total. The van der Waals surface area contributed by atoms with E-state index in [-0.39, 0.29) is 16.8 Å². The molecule has 0 amide bonds. The van der Waals surface area contributed by atoms with Gasteiger partial charge < -0.3 is 44.6 Å². The highest BCUT2D eigenvalue weighted by Crippen LogP contribution is 2.55. The SMILES string of the molecule is C[C@H](Nc1cc(Cl)nc2c1cnn2[C@@H]1O[C@H](COP(=O)(O)CP(=O)(O)O)C(O)(O)[C@H]1O)c1ccccc1. The van der Waals surface area contributed by atoms with Gasteiger partial charge >= 0.3 is 15.2 Å². The van der Waals surface area contributed by atoms with Crippen LogP contribution in [0, 0.1) is 0 Å². The standard InChI is InChI=1S/C20H25ClN4O10P2/c1-11(12-5-3-2-4-6-12)23-14-7-16(21)24-18-13(14)8-22-25(18)19-17(26)20(27,28)15(35-19)9-34-37(32,33)10-36(29,30)31/h2-8,11,15,17,19,26-28H,9-10H2,1H3,(H,23,24)(H,32,33)(H2,29,30,31)/t11-,15+,17-,19+/m0/s1. The molecule has 1 unspecified atom stereocenters. The summed E-state index contributed by atoms with van der Waals surface area (Å²) in [6.45, 7) is 0.954. The van der Waals surface area contributed by atoms with Crippen molar-refractivity contribution < 1.29 is 48.4 Å². The molecule has 1 aliphatic heterocycles. The third-order valence-electron chi connectivity index (χ3n) is 5.72. The zero-order chi connectivity index (χ0) is 27.2. The summed E-state index contributed by atoms with van der Waals surface area (Å²) >= 11 is 6.23. The van der Waals surface area contributed by atoms with Gasteiger partial charge in [-0.15, -0.1) is 0 Å². The predicted octanol–water partition coefficient (Wildman–Crippen LogP) is 1.53. The highest BCUT2D eigenvalue weighted by molar-refractivity contribution is 7.70. The highest BCUT2D eigenvalue weighted by atomic mass is 35.5. The molecule has 202 valence electrons. The zero-order valence-electron chi connectivity index (χ0n) is 19.2. The van der Waals surface area contributed by atoms with Crippen molar-refractivity contribution in [1.29, 1.82) is 0 Å². The first-order valence-corrected chi connectivity index (χ1v) is 14.8. The number of nitrogens with one attached hydrogen (secondary N) is 1. The fourth-order valence-corrected chi connectivity index (χ4v) is 6.65. The molecule has 0 bridgehead atoms. The second-order valence-electron chi connectivity index (χ2n) is 8.58. The lowest BCUT2D eigenvalue weighted by Gasteiger charge is -2.25. The number of hydrogen-bond acceptors (Lipinski definition) is 10. The Kier molecular flexibility index (Phi) is 7.84. The molecule has 4 rings (SSSR count). The van der Waals surface area contributed by atoms with Gasteiger partial charge in [0.25, 0.3) is 0 Å². The van der Waals surface area contributed by atoms with Crippen LogP contribution in [0.25, 0.3) is 11.0 Å². The first-order valence-electron chi connectivity index (χ1n) is 10.8. The molecule has 0 saturated carbocycles. The van der Waals surface area contributed by atoms with Crippen LogP contribution < -0.4 is 5.32 Å². The topological polar surface area (TPSA) is 217 Å². The minimum atomic E-state index is -4.91. The van der Waals surface area contributed by atoms with E-state index in [1.165, 1.54) is 6.20 Å². The molecule has 14 nitrogen and oxygen atoms in total. The Morgan fingerprint density at radius 2 is 1.92 bits per heavy atom. The van der Waals surface area contributed by atoms with Gasteiger partial charge in [0.05, 0.1) is 23.9 Å². The van der Waals surface area contributed by atoms with E-state index in [2.05, 4.69) is 19.9 Å². The summed E-state index contributed by atoms with van der Waals surface area (Å²) in [5.41, 5.74) is 1.69. The maximum absolute atomic E-state index is 11.9. The summed E-state index contributed by atoms with van der Waals surface area (Å²) < 4.78 is 34.2. The van der Waals surface area contributed by atoms with Crippen LogP contribution in [0.5, 0.6) is 0 Å². The van der Waals surface area contributed by atoms with Gasteiger partial charge in [-0.2, -0.15) is 5.10 Å². The number of fused-ring (bicyclic) bond motifs is 1. The third-order valence-corrected chi connectivity index (χ3v) is 9.37. The van der Waals surface area contributed by atoms with E-state index in [1.54, 1.807) is 6.07 Å². The Labute approximate surface area is 215 Å². The molecule has 0 spiro atoms. The molecule has 0 aliphatic carbocycles. The number of aliphatic hydroxyl groups is 3. The number of ether oxygens (including phenoxy) is 1. The van der Waals surface area contributed by atoms with Crippen molar-refractivity contribution in [3.05, 3.63) is 53.3 Å². The van der Waals surface area contributed by atoms with Crippen molar-refractivity contribution in [2.24, 2.45) is 0 Å². The van der Waals surface area contributed by atoms with Crippen LogP contribution in [0.1, 0.15) is 24.8 Å². The quantitative estimate of drug-likeness (QED) is 0.109. The van der Waals surface area contributed by atoms with Gasteiger partial charge in [0.1, 0.15) is 11.3 Å². The summed E-state index contributed by atoms with van der Waals surface area (Å²) in [4.78, 5) is 31.7. The zero-order valence-corrected chi connectivity index (χ0v) is 21.7. The number of rotatable bonds is 9. The minimum absolute atomic E-state index is 0.0716. The van der Waals surface area contributed by atoms with Gasteiger partial charge in [-0.3, -0.25) is 9.13 Å². The molecule has 1 aliphatic rings. The molecular formula is C20H25ClN4O10P2. The lowest BCUT2D eigenvalue weighted by molar-refractivity contribution is -0.234. The normalized spacial score (nSPS) is 24.2. The maximum atomic E-state index is 11.9. The Bertz CT molecular complexity index is 1370. The van der Waals surface area contributed by atoms with Gasteiger partial charge in [0, 0.05) is 6.04 Å². The largest absolute Gasteiger partial charge is 0.383 e. The molecule has 17 heteroatoms. The van der Waals surface area contributed by atoms with Crippen LogP contribution in [0.2, 0.25) is 5.15 Å². The molecule has 3 aromatic rings. The molecule has 0 radical (unpaired) electrons. The van der Waals surface area contributed by atoms with Gasteiger partial charge in [-0.05, 0) is 18.6 Å². The van der Waals surface area contributed by atoms with E-state index < -0.39 is 51.9 Å². The highest BCUT2D eigenvalue weighted by Gasteiger charge is 2.56. The molecule has 2 aromatic heterocycles. The lowest BCUT2D eigenvalue weighted by Crippen LogP contribution is -2.49. The predicted molar refractivity (Wildman–Crippen MR) is 131 cm³/mol. The van der Waals surface area contributed by atoms with Gasteiger partial charge in [-0.25, -0.2) is 9.67 Å². The van der Waals surface area contributed by atoms with Crippen molar-refractivity contribution in [2.45, 2.75) is 37.2 Å². The fourth-order valence-electron chi connectivity index (χ4n) is 3.91. The number of pyridine rings is 1. The Morgan fingerprint density at radius 1 is 1.24 bits per heavy atom. The summed E-state index contributed by atoms with van der Waals surface area (Å²) in [6.07, 6.45) is -3.94. The number of aliphatic hydroxyl groups excluding tert-OH is 1. The summed E-state index contributed by atoms with van der Waals surface area (Å²) in [6, 6.07) is 11.0. The fraction of sp³-hybridized carbons (Fsp3) is 0.400. The van der Waals surface area contributed by atoms with Crippen molar-refractivity contribution in [2.75, 3.05) is 17.8 Å². The molecule has 3 heterocycles. The van der Waals surface area contributed by atoms with Crippen LogP contribution in [0.15, 0.2) is 42.6 Å². The number of anilines is 1. The van der Waals surface area contributed by atoms with E-state index in [4.69, 9.17) is 26.1 Å². The minimum Gasteiger partial charge on any atom is -0.383 e. The molecule has 1 aromatic carbocycles. The Hall–Kier alpha value is -1.93. The maximum Gasteiger partial charge on any atom is 0.340 e. The average molecular weight is 579 g/mol.